The normalized spacial score (nSPS) is 20.8. The molecular formula is C12H16ClN3OS. The molecule has 6 heteroatoms. The number of morpholine rings is 1. The summed E-state index contributed by atoms with van der Waals surface area (Å²) in [5.41, 5.74) is 1.09. The lowest BCUT2D eigenvalue weighted by atomic mass is 10.2. The van der Waals surface area contributed by atoms with Crippen LogP contribution >= 0.6 is 22.9 Å². The summed E-state index contributed by atoms with van der Waals surface area (Å²) in [6.07, 6.45) is 3.38. The minimum atomic E-state index is 0.307. The zero-order valence-electron chi connectivity index (χ0n) is 10.3. The van der Waals surface area contributed by atoms with Gasteiger partial charge in [-0.3, -0.25) is 4.40 Å². The van der Waals surface area contributed by atoms with Crippen molar-refractivity contribution in [3.05, 3.63) is 17.3 Å². The summed E-state index contributed by atoms with van der Waals surface area (Å²) in [5.74, 6) is 1.51. The summed E-state index contributed by atoms with van der Waals surface area (Å²) in [6, 6.07) is 0. The molecule has 0 aromatic carbocycles. The molecule has 2 aromatic rings. The second-order valence-electron chi connectivity index (χ2n) is 4.42. The van der Waals surface area contributed by atoms with Gasteiger partial charge in [0.15, 0.2) is 10.8 Å². The third-order valence-electron chi connectivity index (χ3n) is 3.36. The van der Waals surface area contributed by atoms with E-state index in [1.807, 2.05) is 11.6 Å². The van der Waals surface area contributed by atoms with E-state index in [0.29, 0.717) is 12.0 Å². The van der Waals surface area contributed by atoms with Crippen LogP contribution in [0.1, 0.15) is 19.0 Å². The maximum Gasteiger partial charge on any atom is 0.195 e. The Morgan fingerprint density at radius 2 is 2.50 bits per heavy atom. The molecule has 1 fully saturated rings. The Bertz CT molecular complexity index is 538. The van der Waals surface area contributed by atoms with E-state index in [1.54, 1.807) is 11.3 Å². The van der Waals surface area contributed by atoms with Gasteiger partial charge in [0.05, 0.1) is 24.3 Å². The molecule has 1 atom stereocenters. The van der Waals surface area contributed by atoms with Gasteiger partial charge in [-0.05, 0) is 6.42 Å². The molecule has 0 radical (unpaired) electrons. The number of imidazole rings is 1. The van der Waals surface area contributed by atoms with Crippen LogP contribution in [0.25, 0.3) is 4.96 Å². The summed E-state index contributed by atoms with van der Waals surface area (Å²) in [5, 5.41) is 2.04. The molecule has 2 aromatic heterocycles. The van der Waals surface area contributed by atoms with Gasteiger partial charge in [0.25, 0.3) is 0 Å². The summed E-state index contributed by atoms with van der Waals surface area (Å²) < 4.78 is 7.79. The van der Waals surface area contributed by atoms with Crippen molar-refractivity contribution in [1.82, 2.24) is 9.38 Å². The lowest BCUT2D eigenvalue weighted by Gasteiger charge is -2.33. The number of rotatable bonds is 3. The number of hydrogen-bond donors (Lipinski definition) is 0. The molecule has 98 valence electrons. The highest BCUT2D eigenvalue weighted by Crippen LogP contribution is 2.27. The topological polar surface area (TPSA) is 29.8 Å². The Kier molecular flexibility index (Phi) is 3.46. The molecule has 1 aliphatic heterocycles. The highest BCUT2D eigenvalue weighted by molar-refractivity contribution is 7.15. The van der Waals surface area contributed by atoms with Crippen molar-refractivity contribution in [3.8, 4) is 0 Å². The van der Waals surface area contributed by atoms with Crippen LogP contribution in [0.5, 0.6) is 0 Å². The zero-order chi connectivity index (χ0) is 12.5. The molecule has 1 unspecified atom stereocenters. The largest absolute Gasteiger partial charge is 0.375 e. The van der Waals surface area contributed by atoms with E-state index in [-0.39, 0.29) is 0 Å². The minimum absolute atomic E-state index is 0.307. The first-order valence-corrected chi connectivity index (χ1v) is 7.61. The SMILES string of the molecule is CCC1CN(c2nc3sccn3c2CCl)CCO1. The number of anilines is 1. The van der Waals surface area contributed by atoms with Gasteiger partial charge in [0.1, 0.15) is 0 Å². The predicted molar refractivity (Wildman–Crippen MR) is 74.9 cm³/mol. The Hall–Kier alpha value is -0.780. The number of nitrogens with zero attached hydrogens (tertiary/aromatic N) is 3. The first kappa shape index (κ1) is 12.3. The summed E-state index contributed by atoms with van der Waals surface area (Å²) >= 11 is 7.73. The van der Waals surface area contributed by atoms with Gasteiger partial charge in [0.2, 0.25) is 0 Å². The lowest BCUT2D eigenvalue weighted by molar-refractivity contribution is 0.0381. The van der Waals surface area contributed by atoms with Gasteiger partial charge >= 0.3 is 0 Å². The van der Waals surface area contributed by atoms with E-state index in [0.717, 1.165) is 42.6 Å². The first-order chi connectivity index (χ1) is 8.83. The number of thiazole rings is 1. The van der Waals surface area contributed by atoms with Crippen molar-refractivity contribution in [2.24, 2.45) is 0 Å². The summed E-state index contributed by atoms with van der Waals surface area (Å²) in [6.45, 7) is 4.73. The van der Waals surface area contributed by atoms with E-state index in [1.165, 1.54) is 0 Å². The molecule has 0 N–H and O–H groups in total. The molecule has 0 spiro atoms. The quantitative estimate of drug-likeness (QED) is 0.812. The van der Waals surface area contributed by atoms with Crippen LogP contribution in [0.15, 0.2) is 11.6 Å². The fraction of sp³-hybridized carbons (Fsp3) is 0.583. The number of alkyl halides is 1. The van der Waals surface area contributed by atoms with Crippen LogP contribution in [0.3, 0.4) is 0 Å². The van der Waals surface area contributed by atoms with Gasteiger partial charge in [-0.2, -0.15) is 0 Å². The molecule has 1 aliphatic rings. The van der Waals surface area contributed by atoms with Gasteiger partial charge in [-0.15, -0.1) is 22.9 Å². The molecule has 1 saturated heterocycles. The Morgan fingerprint density at radius 1 is 1.61 bits per heavy atom. The highest BCUT2D eigenvalue weighted by Gasteiger charge is 2.24. The van der Waals surface area contributed by atoms with Crippen molar-refractivity contribution in [3.63, 3.8) is 0 Å². The van der Waals surface area contributed by atoms with E-state index in [2.05, 4.69) is 16.2 Å². The molecule has 3 rings (SSSR count). The Morgan fingerprint density at radius 3 is 3.28 bits per heavy atom. The van der Waals surface area contributed by atoms with Crippen molar-refractivity contribution in [2.75, 3.05) is 24.6 Å². The molecule has 0 amide bonds. The van der Waals surface area contributed by atoms with Crippen molar-refractivity contribution in [2.45, 2.75) is 25.3 Å². The van der Waals surface area contributed by atoms with Crippen LogP contribution in [-0.2, 0) is 10.6 Å². The van der Waals surface area contributed by atoms with Crippen LogP contribution < -0.4 is 4.90 Å². The minimum Gasteiger partial charge on any atom is -0.375 e. The van der Waals surface area contributed by atoms with E-state index < -0.39 is 0 Å². The van der Waals surface area contributed by atoms with Gasteiger partial charge in [0, 0.05) is 24.7 Å². The fourth-order valence-electron chi connectivity index (χ4n) is 2.36. The molecule has 0 bridgehead atoms. The van der Waals surface area contributed by atoms with Crippen molar-refractivity contribution >= 4 is 33.7 Å². The molecule has 0 saturated carbocycles. The third-order valence-corrected chi connectivity index (χ3v) is 4.37. The fourth-order valence-corrected chi connectivity index (χ4v) is 3.33. The molecule has 18 heavy (non-hydrogen) atoms. The number of hydrogen-bond acceptors (Lipinski definition) is 4. The number of ether oxygens (including phenoxy) is 1. The monoisotopic (exact) mass is 285 g/mol. The molecular weight excluding hydrogens is 270 g/mol. The van der Waals surface area contributed by atoms with E-state index >= 15 is 0 Å². The summed E-state index contributed by atoms with van der Waals surface area (Å²) in [7, 11) is 0. The molecule has 3 heterocycles. The highest BCUT2D eigenvalue weighted by atomic mass is 35.5. The van der Waals surface area contributed by atoms with Gasteiger partial charge in [-0.1, -0.05) is 6.92 Å². The van der Waals surface area contributed by atoms with Gasteiger partial charge < -0.3 is 9.64 Å². The smallest absolute Gasteiger partial charge is 0.195 e. The van der Waals surface area contributed by atoms with Crippen molar-refractivity contribution < 1.29 is 4.74 Å². The van der Waals surface area contributed by atoms with E-state index in [4.69, 9.17) is 21.3 Å². The second kappa shape index (κ2) is 5.07. The van der Waals surface area contributed by atoms with Crippen LogP contribution in [0, 0.1) is 0 Å². The maximum absolute atomic E-state index is 6.08. The molecule has 0 aliphatic carbocycles. The summed E-state index contributed by atoms with van der Waals surface area (Å²) in [4.78, 5) is 8.02. The standard InChI is InChI=1S/C12H16ClN3OS/c1-2-9-8-15(3-5-17-9)11-10(7-13)16-4-6-18-12(16)14-11/h4,6,9H,2-3,5,7-8H2,1H3. The zero-order valence-corrected chi connectivity index (χ0v) is 11.9. The maximum atomic E-state index is 6.08. The Balaban J connectivity index is 1.95. The van der Waals surface area contributed by atoms with Crippen LogP contribution in [0.4, 0.5) is 5.82 Å². The van der Waals surface area contributed by atoms with Gasteiger partial charge in [-0.25, -0.2) is 4.98 Å². The van der Waals surface area contributed by atoms with Crippen LogP contribution in [-0.4, -0.2) is 35.2 Å². The third kappa shape index (κ3) is 2.00. The second-order valence-corrected chi connectivity index (χ2v) is 5.56. The number of aromatic nitrogens is 2. The first-order valence-electron chi connectivity index (χ1n) is 6.20. The number of fused-ring (bicyclic) bond motifs is 1. The predicted octanol–water partition coefficient (Wildman–Crippen LogP) is 2.75. The average molecular weight is 286 g/mol. The van der Waals surface area contributed by atoms with Crippen molar-refractivity contribution in [1.29, 1.82) is 0 Å². The Labute approximate surface area is 115 Å². The average Bonchev–Trinajstić information content (AvgIpc) is 2.98. The van der Waals surface area contributed by atoms with E-state index in [9.17, 15) is 0 Å². The lowest BCUT2D eigenvalue weighted by Crippen LogP contribution is -2.42. The van der Waals surface area contributed by atoms with Crippen LogP contribution in [0.2, 0.25) is 0 Å². The number of halogens is 1. The molecule has 4 nitrogen and oxygen atoms in total.